The molecule has 23 heavy (non-hydrogen) atoms. The van der Waals surface area contributed by atoms with Gasteiger partial charge in [0.2, 0.25) is 11.8 Å². The summed E-state index contributed by atoms with van der Waals surface area (Å²) in [5, 5.41) is 8.35. The highest BCUT2D eigenvalue weighted by molar-refractivity contribution is 7.98. The molecular weight excluding hydrogens is 329 g/mol. The fourth-order valence-corrected chi connectivity index (χ4v) is 2.64. The third-order valence-corrected chi connectivity index (χ3v) is 3.95. The van der Waals surface area contributed by atoms with Crippen molar-refractivity contribution in [2.45, 2.75) is 36.9 Å². The van der Waals surface area contributed by atoms with E-state index in [9.17, 15) is 13.2 Å². The standard InChI is InChI=1S/C14H13F3N4OS/c1-7(2)12-21-20-11(22-12)6-23-13-18-9-4-3-8(14(15,16)17)5-10(9)19-13/h3-5,7H,6H2,1-2H3,(H,18,19). The molecule has 0 atom stereocenters. The number of aromatic nitrogens is 4. The Morgan fingerprint density at radius 1 is 1.26 bits per heavy atom. The molecule has 0 amide bonds. The normalized spacial score (nSPS) is 12.4. The number of fused-ring (bicyclic) bond motifs is 1. The number of halogens is 3. The number of nitrogens with one attached hydrogen (secondary N) is 1. The molecule has 0 saturated carbocycles. The van der Waals surface area contributed by atoms with Gasteiger partial charge in [0.15, 0.2) is 5.16 Å². The summed E-state index contributed by atoms with van der Waals surface area (Å²) in [6.07, 6.45) is -4.37. The van der Waals surface area contributed by atoms with E-state index in [1.54, 1.807) is 0 Å². The van der Waals surface area contributed by atoms with Crippen LogP contribution in [0.3, 0.4) is 0 Å². The minimum absolute atomic E-state index is 0.147. The quantitative estimate of drug-likeness (QED) is 0.713. The number of alkyl halides is 3. The summed E-state index contributed by atoms with van der Waals surface area (Å²) in [5.41, 5.74) is 0.119. The molecule has 0 bridgehead atoms. The van der Waals surface area contributed by atoms with Gasteiger partial charge in [-0.1, -0.05) is 25.6 Å². The van der Waals surface area contributed by atoms with Crippen molar-refractivity contribution in [1.82, 2.24) is 20.2 Å². The van der Waals surface area contributed by atoms with Crippen LogP contribution < -0.4 is 0 Å². The summed E-state index contributed by atoms with van der Waals surface area (Å²) in [5.74, 6) is 1.55. The smallest absolute Gasteiger partial charge is 0.416 e. The topological polar surface area (TPSA) is 67.6 Å². The molecule has 0 saturated heterocycles. The predicted octanol–water partition coefficient (Wildman–Crippen LogP) is 4.38. The first-order chi connectivity index (χ1) is 10.8. The lowest BCUT2D eigenvalue weighted by Crippen LogP contribution is -2.04. The highest BCUT2D eigenvalue weighted by atomic mass is 32.2. The Morgan fingerprint density at radius 3 is 2.70 bits per heavy atom. The van der Waals surface area contributed by atoms with E-state index in [1.165, 1.54) is 17.8 Å². The number of imidazole rings is 1. The molecule has 0 aliphatic heterocycles. The van der Waals surface area contributed by atoms with Gasteiger partial charge >= 0.3 is 6.18 Å². The van der Waals surface area contributed by atoms with Crippen LogP contribution in [0.2, 0.25) is 0 Å². The molecule has 0 fully saturated rings. The lowest BCUT2D eigenvalue weighted by molar-refractivity contribution is -0.137. The maximum atomic E-state index is 12.7. The summed E-state index contributed by atoms with van der Waals surface area (Å²) in [4.78, 5) is 7.11. The maximum Gasteiger partial charge on any atom is 0.416 e. The molecule has 0 aliphatic carbocycles. The molecule has 122 valence electrons. The van der Waals surface area contributed by atoms with Crippen LogP contribution in [0.15, 0.2) is 27.8 Å². The minimum atomic E-state index is -4.37. The summed E-state index contributed by atoms with van der Waals surface area (Å²) < 4.78 is 43.5. The number of H-pyrrole nitrogens is 1. The van der Waals surface area contributed by atoms with E-state index >= 15 is 0 Å². The van der Waals surface area contributed by atoms with E-state index in [4.69, 9.17) is 4.42 Å². The molecule has 1 aromatic carbocycles. The Hall–Kier alpha value is -2.03. The van der Waals surface area contributed by atoms with Gasteiger partial charge in [-0.2, -0.15) is 13.2 Å². The molecule has 1 N–H and O–H groups in total. The average molecular weight is 342 g/mol. The first-order valence-corrected chi connectivity index (χ1v) is 7.83. The Morgan fingerprint density at radius 2 is 2.04 bits per heavy atom. The van der Waals surface area contributed by atoms with Gasteiger partial charge in [-0.25, -0.2) is 4.98 Å². The summed E-state index contributed by atoms with van der Waals surface area (Å²) in [7, 11) is 0. The second-order valence-corrected chi connectivity index (χ2v) is 6.21. The zero-order valence-corrected chi connectivity index (χ0v) is 13.1. The summed E-state index contributed by atoms with van der Waals surface area (Å²) >= 11 is 1.29. The number of benzene rings is 1. The van der Waals surface area contributed by atoms with E-state index in [1.807, 2.05) is 13.8 Å². The van der Waals surface area contributed by atoms with Crippen LogP contribution in [0.5, 0.6) is 0 Å². The van der Waals surface area contributed by atoms with Gasteiger partial charge in [0, 0.05) is 5.92 Å². The summed E-state index contributed by atoms with van der Waals surface area (Å²) in [6, 6.07) is 3.42. The van der Waals surface area contributed by atoms with Gasteiger partial charge in [-0.3, -0.25) is 0 Å². The maximum absolute atomic E-state index is 12.7. The van der Waals surface area contributed by atoms with Crippen LogP contribution in [0, 0.1) is 0 Å². The van der Waals surface area contributed by atoms with Crippen molar-refractivity contribution in [2.24, 2.45) is 0 Å². The van der Waals surface area contributed by atoms with Gasteiger partial charge in [-0.05, 0) is 18.2 Å². The SMILES string of the molecule is CC(C)c1nnc(CSc2nc3ccc(C(F)(F)F)cc3[nH]2)o1. The molecule has 0 spiro atoms. The molecule has 5 nitrogen and oxygen atoms in total. The largest absolute Gasteiger partial charge is 0.424 e. The van der Waals surface area contributed by atoms with Gasteiger partial charge in [0.1, 0.15) is 0 Å². The monoisotopic (exact) mass is 342 g/mol. The third-order valence-electron chi connectivity index (χ3n) is 3.10. The molecule has 0 unspecified atom stereocenters. The van der Waals surface area contributed by atoms with Crippen molar-refractivity contribution in [3.63, 3.8) is 0 Å². The van der Waals surface area contributed by atoms with Crippen molar-refractivity contribution in [3.05, 3.63) is 35.5 Å². The number of hydrogen-bond acceptors (Lipinski definition) is 5. The van der Waals surface area contributed by atoms with Gasteiger partial charge in [0.25, 0.3) is 0 Å². The average Bonchev–Trinajstić information content (AvgIpc) is 3.09. The van der Waals surface area contributed by atoms with Gasteiger partial charge < -0.3 is 9.40 Å². The molecule has 2 heterocycles. The highest BCUT2D eigenvalue weighted by Crippen LogP contribution is 2.32. The lowest BCUT2D eigenvalue weighted by atomic mass is 10.2. The fraction of sp³-hybridized carbons (Fsp3) is 0.357. The van der Waals surface area contributed by atoms with E-state index in [0.29, 0.717) is 33.7 Å². The van der Waals surface area contributed by atoms with Crippen LogP contribution in [-0.2, 0) is 11.9 Å². The van der Waals surface area contributed by atoms with Crippen LogP contribution in [-0.4, -0.2) is 20.2 Å². The first-order valence-electron chi connectivity index (χ1n) is 6.85. The van der Waals surface area contributed by atoms with Gasteiger partial charge in [-0.15, -0.1) is 10.2 Å². The number of hydrogen-bond donors (Lipinski definition) is 1. The molecule has 9 heteroatoms. The van der Waals surface area contributed by atoms with Crippen molar-refractivity contribution < 1.29 is 17.6 Å². The molecule has 3 aromatic rings. The van der Waals surface area contributed by atoms with Crippen molar-refractivity contribution in [2.75, 3.05) is 0 Å². The minimum Gasteiger partial charge on any atom is -0.424 e. The fourth-order valence-electron chi connectivity index (χ4n) is 1.92. The second kappa shape index (κ2) is 5.88. The lowest BCUT2D eigenvalue weighted by Gasteiger charge is -2.05. The zero-order valence-electron chi connectivity index (χ0n) is 12.3. The first kappa shape index (κ1) is 15.9. The Kier molecular flexibility index (Phi) is 4.05. The summed E-state index contributed by atoms with van der Waals surface area (Å²) in [6.45, 7) is 3.89. The van der Waals surface area contributed by atoms with E-state index in [0.717, 1.165) is 12.1 Å². The molecule has 2 aromatic heterocycles. The van der Waals surface area contributed by atoms with E-state index in [2.05, 4.69) is 20.2 Å². The van der Waals surface area contributed by atoms with Crippen LogP contribution in [0.1, 0.15) is 37.1 Å². The predicted molar refractivity (Wildman–Crippen MR) is 79.0 cm³/mol. The molecular formula is C14H13F3N4OS. The van der Waals surface area contributed by atoms with Crippen LogP contribution in [0.25, 0.3) is 11.0 Å². The molecule has 0 aliphatic rings. The number of aromatic amines is 1. The van der Waals surface area contributed by atoms with Crippen molar-refractivity contribution in [1.29, 1.82) is 0 Å². The van der Waals surface area contributed by atoms with E-state index in [-0.39, 0.29) is 5.92 Å². The van der Waals surface area contributed by atoms with Crippen LogP contribution >= 0.6 is 11.8 Å². The van der Waals surface area contributed by atoms with Gasteiger partial charge in [0.05, 0.1) is 22.3 Å². The molecule has 3 rings (SSSR count). The van der Waals surface area contributed by atoms with Crippen LogP contribution in [0.4, 0.5) is 13.2 Å². The molecule has 0 radical (unpaired) electrons. The third kappa shape index (κ3) is 3.49. The highest BCUT2D eigenvalue weighted by Gasteiger charge is 2.30. The zero-order chi connectivity index (χ0) is 16.6. The van der Waals surface area contributed by atoms with Crippen molar-refractivity contribution >= 4 is 22.8 Å². The Labute approximate surface area is 133 Å². The number of rotatable bonds is 4. The van der Waals surface area contributed by atoms with E-state index < -0.39 is 11.7 Å². The Balaban J connectivity index is 1.75. The van der Waals surface area contributed by atoms with Crippen molar-refractivity contribution in [3.8, 4) is 0 Å². The number of nitrogens with zero attached hydrogens (tertiary/aromatic N) is 3. The number of thioether (sulfide) groups is 1. The second-order valence-electron chi connectivity index (χ2n) is 5.25. The Bertz CT molecular complexity index is 825.